The Hall–Kier alpha value is -0.770. The molecule has 0 aromatic heterocycles. The second-order valence-corrected chi connectivity index (χ2v) is 8.51. The summed E-state index contributed by atoms with van der Waals surface area (Å²) in [5.74, 6) is 0. The summed E-state index contributed by atoms with van der Waals surface area (Å²) >= 11 is 0. The first-order valence-electron chi connectivity index (χ1n) is 8.76. The van der Waals surface area contributed by atoms with Crippen molar-refractivity contribution < 1.29 is 9.53 Å². The smallest absolute Gasteiger partial charge is 0.410 e. The molecular weight excluding hydrogens is 276 g/mol. The minimum Gasteiger partial charge on any atom is -0.444 e. The van der Waals surface area contributed by atoms with Crippen molar-refractivity contribution in [2.75, 3.05) is 13.1 Å². The lowest BCUT2D eigenvalue weighted by Crippen LogP contribution is -2.49. The van der Waals surface area contributed by atoms with Crippen LogP contribution in [0.25, 0.3) is 0 Å². The van der Waals surface area contributed by atoms with Crippen LogP contribution in [-0.2, 0) is 4.74 Å². The van der Waals surface area contributed by atoms with Crippen LogP contribution in [0.4, 0.5) is 4.79 Å². The molecule has 0 bridgehead atoms. The van der Waals surface area contributed by atoms with E-state index in [1.807, 2.05) is 39.5 Å². The predicted molar refractivity (Wildman–Crippen MR) is 92.1 cm³/mol. The molecule has 0 aromatic rings. The fourth-order valence-electron chi connectivity index (χ4n) is 3.11. The Bertz CT molecular complexity index is 359. The maximum Gasteiger partial charge on any atom is 0.410 e. The number of carbonyl (C=O) groups is 1. The molecule has 0 radical (unpaired) electrons. The summed E-state index contributed by atoms with van der Waals surface area (Å²) in [5, 5.41) is 3.67. The van der Waals surface area contributed by atoms with Crippen LogP contribution in [-0.4, -0.2) is 41.8 Å². The van der Waals surface area contributed by atoms with Gasteiger partial charge in [0, 0.05) is 25.2 Å². The largest absolute Gasteiger partial charge is 0.444 e. The van der Waals surface area contributed by atoms with Gasteiger partial charge in [0.25, 0.3) is 0 Å². The summed E-state index contributed by atoms with van der Waals surface area (Å²) in [6.45, 7) is 16.0. The number of ether oxygens (including phenoxy) is 1. The van der Waals surface area contributed by atoms with Crippen LogP contribution in [0.5, 0.6) is 0 Å². The lowest BCUT2D eigenvalue weighted by molar-refractivity contribution is 0.0188. The van der Waals surface area contributed by atoms with E-state index in [4.69, 9.17) is 4.74 Å². The number of rotatable bonds is 5. The molecule has 1 aliphatic rings. The van der Waals surface area contributed by atoms with Crippen LogP contribution < -0.4 is 5.32 Å². The fourth-order valence-corrected chi connectivity index (χ4v) is 3.11. The molecule has 0 aliphatic heterocycles. The summed E-state index contributed by atoms with van der Waals surface area (Å²) in [7, 11) is 0. The first kappa shape index (κ1) is 19.3. The van der Waals surface area contributed by atoms with E-state index >= 15 is 0 Å². The van der Waals surface area contributed by atoms with Gasteiger partial charge >= 0.3 is 6.09 Å². The van der Waals surface area contributed by atoms with E-state index in [1.54, 1.807) is 0 Å². The molecule has 0 aromatic carbocycles. The molecular formula is C18H36N2O2. The lowest BCUT2D eigenvalue weighted by atomic mass is 9.73. The quantitative estimate of drug-likeness (QED) is 0.827. The monoisotopic (exact) mass is 312 g/mol. The molecule has 1 aliphatic carbocycles. The van der Waals surface area contributed by atoms with Gasteiger partial charge in [-0.3, -0.25) is 0 Å². The Kier molecular flexibility index (Phi) is 6.72. The number of hydrogen-bond acceptors (Lipinski definition) is 3. The van der Waals surface area contributed by atoms with Crippen LogP contribution in [0.15, 0.2) is 0 Å². The Labute approximate surface area is 137 Å². The zero-order chi connectivity index (χ0) is 17.0. The zero-order valence-electron chi connectivity index (χ0n) is 15.7. The molecule has 1 atom stereocenters. The molecule has 1 unspecified atom stereocenters. The van der Waals surface area contributed by atoms with Gasteiger partial charge in [-0.25, -0.2) is 4.79 Å². The Morgan fingerprint density at radius 3 is 2.45 bits per heavy atom. The Balaban J connectivity index is 2.49. The highest BCUT2D eigenvalue weighted by atomic mass is 16.6. The van der Waals surface area contributed by atoms with Gasteiger partial charge in [-0.05, 0) is 52.9 Å². The standard InChI is InChI=1S/C18H36N2O2/c1-14(2)20(16(21)22-17(3,4)5)13-12-19-15-10-8-9-11-18(15,6)7/h14-15,19H,8-13H2,1-7H3. The van der Waals surface area contributed by atoms with Gasteiger partial charge in [-0.2, -0.15) is 0 Å². The van der Waals surface area contributed by atoms with Gasteiger partial charge in [0.15, 0.2) is 0 Å². The Morgan fingerprint density at radius 2 is 1.95 bits per heavy atom. The second-order valence-electron chi connectivity index (χ2n) is 8.51. The highest BCUT2D eigenvalue weighted by Gasteiger charge is 2.32. The van der Waals surface area contributed by atoms with Gasteiger partial charge < -0.3 is 15.0 Å². The van der Waals surface area contributed by atoms with Crippen LogP contribution in [0.3, 0.4) is 0 Å². The minimum absolute atomic E-state index is 0.149. The molecule has 0 saturated heterocycles. The van der Waals surface area contributed by atoms with Crippen molar-refractivity contribution in [3.8, 4) is 0 Å². The van der Waals surface area contributed by atoms with Crippen molar-refractivity contribution >= 4 is 6.09 Å². The molecule has 22 heavy (non-hydrogen) atoms. The van der Waals surface area contributed by atoms with Crippen LogP contribution in [0.2, 0.25) is 0 Å². The van der Waals surface area contributed by atoms with E-state index < -0.39 is 5.60 Å². The number of nitrogens with one attached hydrogen (secondary N) is 1. The van der Waals surface area contributed by atoms with Gasteiger partial charge in [0.05, 0.1) is 0 Å². The van der Waals surface area contributed by atoms with E-state index in [0.717, 1.165) is 6.54 Å². The van der Waals surface area contributed by atoms with Crippen molar-refractivity contribution in [3.63, 3.8) is 0 Å². The normalized spacial score (nSPS) is 21.7. The fraction of sp³-hybridized carbons (Fsp3) is 0.944. The number of hydrogen-bond donors (Lipinski definition) is 1. The Morgan fingerprint density at radius 1 is 1.32 bits per heavy atom. The SMILES string of the molecule is CC(C)N(CCNC1CCCCC1(C)C)C(=O)OC(C)(C)C. The summed E-state index contributed by atoms with van der Waals surface area (Å²) in [4.78, 5) is 14.1. The maximum absolute atomic E-state index is 12.3. The van der Waals surface area contributed by atoms with Crippen LogP contribution in [0, 0.1) is 5.41 Å². The molecule has 1 amide bonds. The highest BCUT2D eigenvalue weighted by molar-refractivity contribution is 5.68. The van der Waals surface area contributed by atoms with E-state index in [2.05, 4.69) is 19.2 Å². The minimum atomic E-state index is -0.441. The summed E-state index contributed by atoms with van der Waals surface area (Å²) in [5.41, 5.74) is -0.0875. The molecule has 1 fully saturated rings. The third kappa shape index (κ3) is 6.15. The number of nitrogens with zero attached hydrogens (tertiary/aromatic N) is 1. The third-order valence-electron chi connectivity index (χ3n) is 4.50. The van der Waals surface area contributed by atoms with Crippen molar-refractivity contribution in [3.05, 3.63) is 0 Å². The summed E-state index contributed by atoms with van der Waals surface area (Å²) < 4.78 is 5.50. The van der Waals surface area contributed by atoms with Crippen LogP contribution in [0.1, 0.15) is 74.1 Å². The third-order valence-corrected chi connectivity index (χ3v) is 4.50. The molecule has 1 rings (SSSR count). The first-order valence-corrected chi connectivity index (χ1v) is 8.76. The van der Waals surface area contributed by atoms with E-state index in [-0.39, 0.29) is 12.1 Å². The van der Waals surface area contributed by atoms with E-state index in [9.17, 15) is 4.79 Å². The molecule has 4 nitrogen and oxygen atoms in total. The topological polar surface area (TPSA) is 41.6 Å². The average Bonchev–Trinajstić information content (AvgIpc) is 2.33. The van der Waals surface area contributed by atoms with Gasteiger partial charge in [-0.1, -0.05) is 26.7 Å². The molecule has 130 valence electrons. The summed E-state index contributed by atoms with van der Waals surface area (Å²) in [6.07, 6.45) is 4.95. The van der Waals surface area contributed by atoms with Gasteiger partial charge in [0.1, 0.15) is 5.60 Å². The van der Waals surface area contributed by atoms with Gasteiger partial charge in [0.2, 0.25) is 0 Å². The zero-order valence-corrected chi connectivity index (χ0v) is 15.7. The summed E-state index contributed by atoms with van der Waals surface area (Å²) in [6, 6.07) is 0.699. The average molecular weight is 312 g/mol. The maximum atomic E-state index is 12.3. The lowest BCUT2D eigenvalue weighted by Gasteiger charge is -2.40. The second kappa shape index (κ2) is 7.67. The number of carbonyl (C=O) groups excluding carboxylic acids is 1. The highest BCUT2D eigenvalue weighted by Crippen LogP contribution is 2.35. The van der Waals surface area contributed by atoms with E-state index in [0.29, 0.717) is 18.0 Å². The predicted octanol–water partition coefficient (Wildman–Crippen LogP) is 4.19. The molecule has 4 heteroatoms. The molecule has 0 spiro atoms. The van der Waals surface area contributed by atoms with Crippen LogP contribution >= 0.6 is 0 Å². The first-order chi connectivity index (χ1) is 10.0. The van der Waals surface area contributed by atoms with Crippen molar-refractivity contribution in [1.82, 2.24) is 10.2 Å². The van der Waals surface area contributed by atoms with Crippen molar-refractivity contribution in [2.45, 2.75) is 91.8 Å². The molecule has 0 heterocycles. The van der Waals surface area contributed by atoms with Crippen molar-refractivity contribution in [1.29, 1.82) is 0 Å². The molecule has 1 N–H and O–H groups in total. The van der Waals surface area contributed by atoms with Gasteiger partial charge in [-0.15, -0.1) is 0 Å². The van der Waals surface area contributed by atoms with E-state index in [1.165, 1.54) is 25.7 Å². The number of amides is 1. The molecule has 1 saturated carbocycles. The van der Waals surface area contributed by atoms with Crippen molar-refractivity contribution in [2.24, 2.45) is 5.41 Å².